The second-order valence-corrected chi connectivity index (χ2v) is 3.69. The van der Waals surface area contributed by atoms with Crippen molar-refractivity contribution in [1.82, 2.24) is 4.90 Å². The lowest BCUT2D eigenvalue weighted by Crippen LogP contribution is -2.42. The predicted octanol–water partition coefficient (Wildman–Crippen LogP) is 1.83. The van der Waals surface area contributed by atoms with E-state index in [1.54, 1.807) is 4.90 Å². The molecule has 0 saturated carbocycles. The molecule has 1 unspecified atom stereocenters. The number of benzene rings is 1. The molecular weight excluding hydrogens is 206 g/mol. The van der Waals surface area contributed by atoms with E-state index in [0.29, 0.717) is 19.7 Å². The minimum absolute atomic E-state index is 0.0472. The van der Waals surface area contributed by atoms with E-state index in [-0.39, 0.29) is 12.2 Å². The number of ether oxygens (including phenoxy) is 2. The minimum atomic E-state index is -0.288. The Morgan fingerprint density at radius 3 is 2.88 bits per heavy atom. The third kappa shape index (κ3) is 2.33. The molecule has 1 aromatic rings. The molecule has 1 amide bonds. The van der Waals surface area contributed by atoms with Gasteiger partial charge in [0.25, 0.3) is 0 Å². The second-order valence-electron chi connectivity index (χ2n) is 3.69. The molecule has 1 atom stereocenters. The standard InChI is InChI=1S/C12H15NO3/c1-15-12(14)13-7-8-16-11(9-13)10-5-3-2-4-6-10/h2-6,11H,7-9H2,1H3. The number of methoxy groups -OCH3 is 1. The zero-order valence-corrected chi connectivity index (χ0v) is 9.26. The Hall–Kier alpha value is -1.55. The molecule has 1 aromatic carbocycles. The van der Waals surface area contributed by atoms with Gasteiger partial charge in [0.1, 0.15) is 6.10 Å². The Morgan fingerprint density at radius 2 is 2.19 bits per heavy atom. The fraction of sp³-hybridized carbons (Fsp3) is 0.417. The number of amides is 1. The summed E-state index contributed by atoms with van der Waals surface area (Å²) in [6.07, 6.45) is -0.335. The van der Waals surface area contributed by atoms with Gasteiger partial charge in [-0.2, -0.15) is 0 Å². The van der Waals surface area contributed by atoms with Gasteiger partial charge in [0, 0.05) is 6.54 Å². The molecule has 0 N–H and O–H groups in total. The molecular formula is C12H15NO3. The number of nitrogens with zero attached hydrogens (tertiary/aromatic N) is 1. The number of carbonyl (C=O) groups is 1. The Morgan fingerprint density at radius 1 is 1.44 bits per heavy atom. The van der Waals surface area contributed by atoms with Crippen molar-refractivity contribution in [3.05, 3.63) is 35.9 Å². The van der Waals surface area contributed by atoms with Gasteiger partial charge in [0.2, 0.25) is 0 Å². The van der Waals surface area contributed by atoms with Crippen LogP contribution in [-0.2, 0) is 9.47 Å². The van der Waals surface area contributed by atoms with Crippen LogP contribution < -0.4 is 0 Å². The van der Waals surface area contributed by atoms with Crippen molar-refractivity contribution in [3.63, 3.8) is 0 Å². The van der Waals surface area contributed by atoms with E-state index in [1.807, 2.05) is 30.3 Å². The van der Waals surface area contributed by atoms with E-state index in [0.717, 1.165) is 5.56 Å². The van der Waals surface area contributed by atoms with Crippen LogP contribution >= 0.6 is 0 Å². The summed E-state index contributed by atoms with van der Waals surface area (Å²) >= 11 is 0. The second kappa shape index (κ2) is 4.99. The zero-order chi connectivity index (χ0) is 11.4. The first-order chi connectivity index (χ1) is 7.81. The average molecular weight is 221 g/mol. The molecule has 1 saturated heterocycles. The molecule has 16 heavy (non-hydrogen) atoms. The first kappa shape index (κ1) is 11.0. The van der Waals surface area contributed by atoms with Gasteiger partial charge in [-0.1, -0.05) is 30.3 Å². The minimum Gasteiger partial charge on any atom is -0.453 e. The van der Waals surface area contributed by atoms with Crippen LogP contribution in [-0.4, -0.2) is 37.8 Å². The SMILES string of the molecule is COC(=O)N1CCOC(c2ccccc2)C1. The highest BCUT2D eigenvalue weighted by Gasteiger charge is 2.25. The molecule has 2 rings (SSSR count). The topological polar surface area (TPSA) is 38.8 Å². The summed E-state index contributed by atoms with van der Waals surface area (Å²) in [6, 6.07) is 9.91. The Bertz CT molecular complexity index is 353. The van der Waals surface area contributed by atoms with Crippen molar-refractivity contribution >= 4 is 6.09 Å². The van der Waals surface area contributed by atoms with Crippen molar-refractivity contribution in [1.29, 1.82) is 0 Å². The van der Waals surface area contributed by atoms with Crippen LogP contribution in [0.3, 0.4) is 0 Å². The van der Waals surface area contributed by atoms with Gasteiger partial charge in [-0.25, -0.2) is 4.79 Å². The molecule has 1 heterocycles. The number of hydrogen-bond donors (Lipinski definition) is 0. The number of rotatable bonds is 1. The molecule has 1 aliphatic rings. The predicted molar refractivity (Wildman–Crippen MR) is 59.1 cm³/mol. The Balaban J connectivity index is 2.05. The maximum atomic E-state index is 11.4. The first-order valence-corrected chi connectivity index (χ1v) is 5.30. The quantitative estimate of drug-likeness (QED) is 0.726. The highest BCUT2D eigenvalue weighted by molar-refractivity contribution is 5.67. The maximum absolute atomic E-state index is 11.4. The van der Waals surface area contributed by atoms with Crippen molar-refractivity contribution in [2.45, 2.75) is 6.10 Å². The maximum Gasteiger partial charge on any atom is 0.409 e. The third-order valence-corrected chi connectivity index (χ3v) is 2.67. The van der Waals surface area contributed by atoms with Crippen LogP contribution in [0.25, 0.3) is 0 Å². The summed E-state index contributed by atoms with van der Waals surface area (Å²) in [6.45, 7) is 1.70. The molecule has 0 radical (unpaired) electrons. The van der Waals surface area contributed by atoms with Gasteiger partial charge in [-0.15, -0.1) is 0 Å². The van der Waals surface area contributed by atoms with Gasteiger partial charge in [-0.05, 0) is 5.56 Å². The van der Waals surface area contributed by atoms with E-state index in [1.165, 1.54) is 7.11 Å². The third-order valence-electron chi connectivity index (χ3n) is 2.67. The lowest BCUT2D eigenvalue weighted by atomic mass is 10.1. The Labute approximate surface area is 94.8 Å². The Kier molecular flexibility index (Phi) is 3.41. The van der Waals surface area contributed by atoms with Crippen LogP contribution in [0, 0.1) is 0 Å². The molecule has 1 fully saturated rings. The van der Waals surface area contributed by atoms with Crippen molar-refractivity contribution in [2.24, 2.45) is 0 Å². The number of hydrogen-bond acceptors (Lipinski definition) is 3. The fourth-order valence-electron chi connectivity index (χ4n) is 1.81. The van der Waals surface area contributed by atoms with Gasteiger partial charge in [0.05, 0.1) is 20.3 Å². The summed E-state index contributed by atoms with van der Waals surface area (Å²) < 4.78 is 10.3. The summed E-state index contributed by atoms with van der Waals surface area (Å²) in [5.41, 5.74) is 1.09. The first-order valence-electron chi connectivity index (χ1n) is 5.30. The molecule has 0 spiro atoms. The summed E-state index contributed by atoms with van der Waals surface area (Å²) in [7, 11) is 1.40. The highest BCUT2D eigenvalue weighted by Crippen LogP contribution is 2.21. The molecule has 0 aromatic heterocycles. The van der Waals surface area contributed by atoms with Gasteiger partial charge >= 0.3 is 6.09 Å². The molecule has 4 heteroatoms. The van der Waals surface area contributed by atoms with Crippen LogP contribution in [0.15, 0.2) is 30.3 Å². The fourth-order valence-corrected chi connectivity index (χ4v) is 1.81. The monoisotopic (exact) mass is 221 g/mol. The van der Waals surface area contributed by atoms with Crippen LogP contribution in [0.5, 0.6) is 0 Å². The summed E-state index contributed by atoms with van der Waals surface area (Å²) in [5, 5.41) is 0. The number of morpholine rings is 1. The van der Waals surface area contributed by atoms with Crippen molar-refractivity contribution in [3.8, 4) is 0 Å². The van der Waals surface area contributed by atoms with Gasteiger partial charge in [0.15, 0.2) is 0 Å². The molecule has 0 bridgehead atoms. The average Bonchev–Trinajstić information content (AvgIpc) is 2.39. The van der Waals surface area contributed by atoms with Crippen molar-refractivity contribution < 1.29 is 14.3 Å². The highest BCUT2D eigenvalue weighted by atomic mass is 16.5. The van der Waals surface area contributed by atoms with Crippen LogP contribution in [0.1, 0.15) is 11.7 Å². The van der Waals surface area contributed by atoms with Crippen LogP contribution in [0.4, 0.5) is 4.79 Å². The van der Waals surface area contributed by atoms with Gasteiger partial charge in [-0.3, -0.25) is 0 Å². The number of carbonyl (C=O) groups excluding carboxylic acids is 1. The largest absolute Gasteiger partial charge is 0.453 e. The van der Waals surface area contributed by atoms with E-state index in [2.05, 4.69) is 0 Å². The molecule has 4 nitrogen and oxygen atoms in total. The zero-order valence-electron chi connectivity index (χ0n) is 9.26. The van der Waals surface area contributed by atoms with E-state index >= 15 is 0 Å². The van der Waals surface area contributed by atoms with Crippen molar-refractivity contribution in [2.75, 3.05) is 26.8 Å². The summed E-state index contributed by atoms with van der Waals surface area (Å²) in [4.78, 5) is 13.1. The molecule has 86 valence electrons. The van der Waals surface area contributed by atoms with E-state index in [9.17, 15) is 4.79 Å². The summed E-state index contributed by atoms with van der Waals surface area (Å²) in [5.74, 6) is 0. The lowest BCUT2D eigenvalue weighted by molar-refractivity contribution is -0.0258. The van der Waals surface area contributed by atoms with E-state index < -0.39 is 0 Å². The smallest absolute Gasteiger partial charge is 0.409 e. The molecule has 1 aliphatic heterocycles. The normalized spacial score (nSPS) is 20.6. The lowest BCUT2D eigenvalue weighted by Gasteiger charge is -2.32. The van der Waals surface area contributed by atoms with Crippen LogP contribution in [0.2, 0.25) is 0 Å². The van der Waals surface area contributed by atoms with Gasteiger partial charge < -0.3 is 14.4 Å². The molecule has 0 aliphatic carbocycles. The van der Waals surface area contributed by atoms with E-state index in [4.69, 9.17) is 9.47 Å².